The fraction of sp³-hybridized carbons (Fsp3) is 0.385. The van der Waals surface area contributed by atoms with E-state index in [9.17, 15) is 4.79 Å². The Morgan fingerprint density at radius 1 is 1.47 bits per heavy atom. The maximum atomic E-state index is 12.4. The van der Waals surface area contributed by atoms with Crippen molar-refractivity contribution in [2.45, 2.75) is 25.8 Å². The summed E-state index contributed by atoms with van der Waals surface area (Å²) in [6.07, 6.45) is 2.19. The van der Waals surface area contributed by atoms with Crippen LogP contribution in [0.1, 0.15) is 25.8 Å². The van der Waals surface area contributed by atoms with Crippen LogP contribution in [0.5, 0.6) is 0 Å². The van der Waals surface area contributed by atoms with Crippen LogP contribution in [0, 0.1) is 10.7 Å². The number of aromatic nitrogens is 2. The van der Waals surface area contributed by atoms with Crippen LogP contribution in [0.2, 0.25) is 0 Å². The van der Waals surface area contributed by atoms with Gasteiger partial charge in [0, 0.05) is 6.04 Å². The Balaban J connectivity index is 2.26. The second-order valence-corrected chi connectivity index (χ2v) is 5.01. The highest BCUT2D eigenvalue weighted by atomic mass is 32.1. The van der Waals surface area contributed by atoms with Crippen LogP contribution in [0.25, 0.3) is 10.9 Å². The number of H-pyrrole nitrogens is 1. The summed E-state index contributed by atoms with van der Waals surface area (Å²) < 4.78 is 2.31. The summed E-state index contributed by atoms with van der Waals surface area (Å²) in [5.41, 5.74) is 0.873. The number of benzene rings is 1. The summed E-state index contributed by atoms with van der Waals surface area (Å²) in [5, 5.41) is 0.725. The lowest BCUT2D eigenvalue weighted by Gasteiger charge is -2.07. The van der Waals surface area contributed by atoms with E-state index in [0.29, 0.717) is 16.7 Å². The van der Waals surface area contributed by atoms with Crippen LogP contribution >= 0.6 is 12.2 Å². The Kier molecular flexibility index (Phi) is 2.40. The molecule has 2 atom stereocenters. The van der Waals surface area contributed by atoms with Gasteiger partial charge in [-0.05, 0) is 36.7 Å². The molecule has 1 heterocycles. The molecule has 0 amide bonds. The number of hydrogen-bond acceptors (Lipinski definition) is 2. The molecule has 4 heteroatoms. The number of fused-ring (bicyclic) bond motifs is 1. The van der Waals surface area contributed by atoms with E-state index in [1.807, 2.05) is 24.3 Å². The van der Waals surface area contributed by atoms with Crippen molar-refractivity contribution in [1.29, 1.82) is 0 Å². The van der Waals surface area contributed by atoms with Crippen molar-refractivity contribution in [2.24, 2.45) is 5.92 Å². The predicted molar refractivity (Wildman–Crippen MR) is 70.8 cm³/mol. The smallest absolute Gasteiger partial charge is 0.262 e. The number of rotatable bonds is 2. The molecule has 1 N–H and O–H groups in total. The molecule has 0 radical (unpaired) electrons. The summed E-state index contributed by atoms with van der Waals surface area (Å²) in [6, 6.07) is 7.84. The first-order valence-electron chi connectivity index (χ1n) is 5.96. The van der Waals surface area contributed by atoms with Crippen LogP contribution in [0.3, 0.4) is 0 Å². The molecule has 0 saturated heterocycles. The molecule has 0 bridgehead atoms. The lowest BCUT2D eigenvalue weighted by molar-refractivity contribution is 0.609. The molecule has 2 unspecified atom stereocenters. The monoisotopic (exact) mass is 246 g/mol. The highest BCUT2D eigenvalue weighted by Crippen LogP contribution is 2.44. The molecule has 88 valence electrons. The van der Waals surface area contributed by atoms with Gasteiger partial charge in [0.1, 0.15) is 0 Å². The van der Waals surface area contributed by atoms with Gasteiger partial charge in [0.05, 0.1) is 10.9 Å². The topological polar surface area (TPSA) is 37.8 Å². The van der Waals surface area contributed by atoms with E-state index < -0.39 is 0 Å². The first kappa shape index (κ1) is 10.7. The average Bonchev–Trinajstić information content (AvgIpc) is 3.08. The van der Waals surface area contributed by atoms with Crippen molar-refractivity contribution < 1.29 is 0 Å². The third-order valence-electron chi connectivity index (χ3n) is 3.58. The minimum absolute atomic E-state index is 0.0466. The van der Waals surface area contributed by atoms with E-state index in [2.05, 4.69) is 11.9 Å². The largest absolute Gasteiger partial charge is 0.332 e. The van der Waals surface area contributed by atoms with E-state index in [1.165, 1.54) is 0 Å². The SMILES string of the molecule is CCC1CC1n1c(=S)[nH]c2ccccc2c1=O. The molecule has 1 aliphatic carbocycles. The summed E-state index contributed by atoms with van der Waals surface area (Å²) >= 11 is 5.29. The van der Waals surface area contributed by atoms with Crippen LogP contribution in [-0.4, -0.2) is 9.55 Å². The fourth-order valence-corrected chi connectivity index (χ4v) is 2.79. The highest BCUT2D eigenvalue weighted by Gasteiger charge is 2.38. The molecule has 0 aliphatic heterocycles. The van der Waals surface area contributed by atoms with Gasteiger partial charge in [-0.25, -0.2) is 0 Å². The molecule has 17 heavy (non-hydrogen) atoms. The lowest BCUT2D eigenvalue weighted by Crippen LogP contribution is -2.21. The van der Waals surface area contributed by atoms with Gasteiger partial charge < -0.3 is 4.98 Å². The minimum atomic E-state index is 0.0466. The summed E-state index contributed by atoms with van der Waals surface area (Å²) in [4.78, 5) is 15.5. The minimum Gasteiger partial charge on any atom is -0.332 e. The van der Waals surface area contributed by atoms with E-state index in [4.69, 9.17) is 12.2 Å². The number of nitrogens with one attached hydrogen (secondary N) is 1. The summed E-state index contributed by atoms with van der Waals surface area (Å²) in [6.45, 7) is 2.16. The predicted octanol–water partition coefficient (Wildman–Crippen LogP) is 3.03. The fourth-order valence-electron chi connectivity index (χ4n) is 2.46. The molecule has 1 aromatic carbocycles. The molecule has 2 aromatic rings. The number of para-hydroxylation sites is 1. The van der Waals surface area contributed by atoms with Gasteiger partial charge in [0.2, 0.25) is 0 Å². The van der Waals surface area contributed by atoms with Crippen LogP contribution < -0.4 is 5.56 Å². The quantitative estimate of drug-likeness (QED) is 0.827. The number of aromatic amines is 1. The third-order valence-corrected chi connectivity index (χ3v) is 3.88. The molecule has 1 aromatic heterocycles. The van der Waals surface area contributed by atoms with E-state index >= 15 is 0 Å². The van der Waals surface area contributed by atoms with Crippen molar-refractivity contribution >= 4 is 23.1 Å². The van der Waals surface area contributed by atoms with Crippen LogP contribution in [0.4, 0.5) is 0 Å². The van der Waals surface area contributed by atoms with Gasteiger partial charge in [0.15, 0.2) is 4.77 Å². The van der Waals surface area contributed by atoms with E-state index in [0.717, 1.165) is 23.7 Å². The average molecular weight is 246 g/mol. The van der Waals surface area contributed by atoms with Crippen molar-refractivity contribution in [1.82, 2.24) is 9.55 Å². The lowest BCUT2D eigenvalue weighted by atomic mass is 10.2. The van der Waals surface area contributed by atoms with Crippen LogP contribution in [0.15, 0.2) is 29.1 Å². The zero-order valence-electron chi connectivity index (χ0n) is 9.64. The zero-order chi connectivity index (χ0) is 12.0. The molecule has 3 rings (SSSR count). The molecular weight excluding hydrogens is 232 g/mol. The Bertz CT molecular complexity index is 686. The third kappa shape index (κ3) is 1.63. The molecule has 0 spiro atoms. The molecule has 1 saturated carbocycles. The first-order chi connectivity index (χ1) is 8.22. The second kappa shape index (κ2) is 3.81. The number of hydrogen-bond donors (Lipinski definition) is 1. The molecular formula is C13H14N2OS. The Labute approximate surface area is 104 Å². The Hall–Kier alpha value is -1.42. The van der Waals surface area contributed by atoms with Crippen molar-refractivity contribution in [2.75, 3.05) is 0 Å². The van der Waals surface area contributed by atoms with Crippen molar-refractivity contribution in [3.05, 3.63) is 39.4 Å². The highest BCUT2D eigenvalue weighted by molar-refractivity contribution is 7.71. The Morgan fingerprint density at radius 3 is 2.94 bits per heavy atom. The maximum absolute atomic E-state index is 12.4. The first-order valence-corrected chi connectivity index (χ1v) is 6.36. The van der Waals surface area contributed by atoms with Crippen LogP contribution in [-0.2, 0) is 0 Å². The molecule has 3 nitrogen and oxygen atoms in total. The van der Waals surface area contributed by atoms with Gasteiger partial charge in [-0.1, -0.05) is 25.5 Å². The van der Waals surface area contributed by atoms with Gasteiger partial charge in [-0.2, -0.15) is 0 Å². The van der Waals surface area contributed by atoms with Gasteiger partial charge in [-0.15, -0.1) is 0 Å². The van der Waals surface area contributed by atoms with Gasteiger partial charge in [0.25, 0.3) is 5.56 Å². The molecule has 1 aliphatic rings. The molecule has 1 fully saturated rings. The van der Waals surface area contributed by atoms with Gasteiger partial charge in [-0.3, -0.25) is 9.36 Å². The standard InChI is InChI=1S/C13H14N2OS/c1-2-8-7-11(8)15-12(16)9-5-3-4-6-10(9)14-13(15)17/h3-6,8,11H,2,7H2,1H3,(H,14,17). The second-order valence-electron chi connectivity index (χ2n) is 4.62. The van der Waals surface area contributed by atoms with Crippen molar-refractivity contribution in [3.8, 4) is 0 Å². The summed E-state index contributed by atoms with van der Waals surface area (Å²) in [7, 11) is 0. The van der Waals surface area contributed by atoms with E-state index in [1.54, 1.807) is 4.57 Å². The summed E-state index contributed by atoms with van der Waals surface area (Å²) in [5.74, 6) is 0.615. The Morgan fingerprint density at radius 2 is 2.24 bits per heavy atom. The normalized spacial score (nSPS) is 22.9. The van der Waals surface area contributed by atoms with Gasteiger partial charge >= 0.3 is 0 Å². The zero-order valence-corrected chi connectivity index (χ0v) is 10.5. The van der Waals surface area contributed by atoms with E-state index in [-0.39, 0.29) is 5.56 Å². The maximum Gasteiger partial charge on any atom is 0.262 e. The number of nitrogens with zero attached hydrogens (tertiary/aromatic N) is 1. The van der Waals surface area contributed by atoms with Crippen molar-refractivity contribution in [3.63, 3.8) is 0 Å².